The van der Waals surface area contributed by atoms with Gasteiger partial charge in [-0.15, -0.1) is 5.10 Å². The average Bonchev–Trinajstić information content (AvgIpc) is 3.37. The number of hydrogen-bond donors (Lipinski definition) is 0. The molecule has 1 aromatic heterocycles. The first-order valence-electron chi connectivity index (χ1n) is 12.0. The third-order valence-corrected chi connectivity index (χ3v) is 9.53. The van der Waals surface area contributed by atoms with Crippen LogP contribution in [0.15, 0.2) is 60.9 Å². The molecule has 3 nitrogen and oxygen atoms in total. The van der Waals surface area contributed by atoms with Crippen molar-refractivity contribution >= 4 is 23.2 Å². The minimum Gasteiger partial charge on any atom is -0.250 e. The predicted octanol–water partition coefficient (Wildman–Crippen LogP) is 7.56. The van der Waals surface area contributed by atoms with E-state index in [0.717, 1.165) is 34.2 Å². The van der Waals surface area contributed by atoms with Gasteiger partial charge in [0.2, 0.25) is 0 Å². The fraction of sp³-hybridized carbons (Fsp3) is 0.481. The minimum atomic E-state index is 0.242. The zero-order valence-electron chi connectivity index (χ0n) is 18.2. The first-order chi connectivity index (χ1) is 15.6. The van der Waals surface area contributed by atoms with E-state index in [0.29, 0.717) is 11.5 Å². The Morgan fingerprint density at radius 1 is 0.938 bits per heavy atom. The molecule has 32 heavy (non-hydrogen) atoms. The number of nitrogens with zero attached hydrogens (tertiary/aromatic N) is 3. The van der Waals surface area contributed by atoms with E-state index >= 15 is 0 Å². The van der Waals surface area contributed by atoms with E-state index in [1.807, 2.05) is 36.7 Å². The Labute approximate surface area is 200 Å². The summed E-state index contributed by atoms with van der Waals surface area (Å²) >= 11 is 13.5. The summed E-state index contributed by atoms with van der Waals surface area (Å²) in [6.07, 6.45) is 12.8. The van der Waals surface area contributed by atoms with Crippen LogP contribution in [0.5, 0.6) is 0 Å². The third kappa shape index (κ3) is 3.40. The van der Waals surface area contributed by atoms with Gasteiger partial charge in [0, 0.05) is 22.2 Å². The van der Waals surface area contributed by atoms with Crippen LogP contribution in [-0.4, -0.2) is 15.0 Å². The minimum absolute atomic E-state index is 0.242. The Morgan fingerprint density at radius 2 is 1.66 bits per heavy atom. The summed E-state index contributed by atoms with van der Waals surface area (Å²) in [6, 6.07) is 17.2. The predicted molar refractivity (Wildman–Crippen MR) is 129 cm³/mol. The van der Waals surface area contributed by atoms with E-state index in [2.05, 4.69) is 39.3 Å². The normalized spacial score (nSPS) is 31.2. The topological polar surface area (TPSA) is 30.7 Å². The lowest BCUT2D eigenvalue weighted by Gasteiger charge is -2.55. The van der Waals surface area contributed by atoms with E-state index in [9.17, 15) is 0 Å². The van der Waals surface area contributed by atoms with E-state index in [4.69, 9.17) is 23.2 Å². The van der Waals surface area contributed by atoms with Gasteiger partial charge in [0.05, 0.1) is 12.2 Å². The maximum atomic E-state index is 6.75. The zero-order chi connectivity index (χ0) is 21.7. The highest BCUT2D eigenvalue weighted by Gasteiger charge is 2.61. The van der Waals surface area contributed by atoms with Crippen molar-refractivity contribution in [2.24, 2.45) is 23.2 Å². The molecule has 5 heteroatoms. The number of halogens is 2. The Hall–Kier alpha value is -1.84. The maximum absolute atomic E-state index is 6.75. The van der Waals surface area contributed by atoms with Crippen molar-refractivity contribution in [3.05, 3.63) is 82.1 Å². The van der Waals surface area contributed by atoms with Crippen LogP contribution in [0.3, 0.4) is 0 Å². The molecule has 0 aliphatic heterocycles. The molecule has 166 valence electrons. The summed E-state index contributed by atoms with van der Waals surface area (Å²) in [6.45, 7) is 0. The molecule has 0 N–H and O–H groups in total. The van der Waals surface area contributed by atoms with Crippen molar-refractivity contribution in [1.29, 1.82) is 0 Å². The van der Waals surface area contributed by atoms with Gasteiger partial charge in [-0.05, 0) is 91.4 Å². The lowest BCUT2D eigenvalue weighted by molar-refractivity contribution is -0.0458. The molecule has 0 radical (unpaired) electrons. The van der Waals surface area contributed by atoms with Crippen molar-refractivity contribution in [3.8, 4) is 0 Å². The van der Waals surface area contributed by atoms with Crippen LogP contribution < -0.4 is 0 Å². The van der Waals surface area contributed by atoms with Gasteiger partial charge in [0.15, 0.2) is 0 Å². The molecule has 0 saturated heterocycles. The Bertz CT molecular complexity index is 1050. The second-order valence-electron chi connectivity index (χ2n) is 10.3. The zero-order valence-corrected chi connectivity index (χ0v) is 19.7. The molecular formula is C27H29Cl2N3. The van der Waals surface area contributed by atoms with Crippen molar-refractivity contribution in [1.82, 2.24) is 15.0 Å². The van der Waals surface area contributed by atoms with Crippen molar-refractivity contribution < 1.29 is 0 Å². The standard InChI is InChI=1S/C27H29Cl2N3/c28-24-7-3-1-5-21(24)23(22-6-2-4-8-25(22)29)17-27-12-11-18-15-20(32-14-13-30-31-32)10-9-19(16-27)26(18)27/h1-8,13-14,18-20,23,26H,9-12,15-17H2. The molecule has 0 bridgehead atoms. The molecule has 3 aromatic rings. The monoisotopic (exact) mass is 465 g/mol. The molecule has 5 unspecified atom stereocenters. The van der Waals surface area contributed by atoms with Gasteiger partial charge in [-0.1, -0.05) is 64.8 Å². The van der Waals surface area contributed by atoms with E-state index < -0.39 is 0 Å². The maximum Gasteiger partial charge on any atom is 0.0693 e. The van der Waals surface area contributed by atoms with E-state index in [1.54, 1.807) is 0 Å². The molecule has 3 fully saturated rings. The van der Waals surface area contributed by atoms with Crippen LogP contribution in [-0.2, 0) is 0 Å². The van der Waals surface area contributed by atoms with Crippen LogP contribution in [0, 0.1) is 23.2 Å². The van der Waals surface area contributed by atoms with Gasteiger partial charge < -0.3 is 0 Å². The highest BCUT2D eigenvalue weighted by atomic mass is 35.5. The molecule has 2 aromatic carbocycles. The van der Waals surface area contributed by atoms with Crippen LogP contribution in [0.25, 0.3) is 0 Å². The van der Waals surface area contributed by atoms with E-state index in [1.165, 1.54) is 49.7 Å². The lowest BCUT2D eigenvalue weighted by Crippen LogP contribution is -2.47. The SMILES string of the molecule is Clc1ccccc1C(CC12CCC3CC(n4ccnn4)CCC(C1)C32)c1ccccc1Cl. The number of rotatable bonds is 5. The second kappa shape index (κ2) is 8.18. The first-order valence-corrected chi connectivity index (χ1v) is 12.7. The van der Waals surface area contributed by atoms with Gasteiger partial charge in [0.25, 0.3) is 0 Å². The molecule has 6 rings (SSSR count). The van der Waals surface area contributed by atoms with Crippen LogP contribution in [0.2, 0.25) is 10.0 Å². The average molecular weight is 466 g/mol. The summed E-state index contributed by atoms with van der Waals surface area (Å²) in [5, 5.41) is 10.1. The van der Waals surface area contributed by atoms with Crippen molar-refractivity contribution in [2.45, 2.75) is 56.9 Å². The Morgan fingerprint density at radius 3 is 2.31 bits per heavy atom. The van der Waals surface area contributed by atoms with Crippen LogP contribution in [0.1, 0.15) is 68.0 Å². The van der Waals surface area contributed by atoms with Gasteiger partial charge in [-0.3, -0.25) is 0 Å². The van der Waals surface area contributed by atoms with E-state index in [-0.39, 0.29) is 5.92 Å². The summed E-state index contributed by atoms with van der Waals surface area (Å²) in [5.74, 6) is 2.72. The number of benzene rings is 2. The first kappa shape index (κ1) is 20.7. The summed E-state index contributed by atoms with van der Waals surface area (Å²) in [7, 11) is 0. The molecule has 1 heterocycles. The van der Waals surface area contributed by atoms with Gasteiger partial charge in [-0.2, -0.15) is 0 Å². The quantitative estimate of drug-likeness (QED) is 0.388. The molecule has 3 aliphatic carbocycles. The lowest BCUT2D eigenvalue weighted by atomic mass is 9.50. The smallest absolute Gasteiger partial charge is 0.0693 e. The third-order valence-electron chi connectivity index (χ3n) is 8.84. The highest BCUT2D eigenvalue weighted by Crippen LogP contribution is 2.70. The molecular weight excluding hydrogens is 437 g/mol. The second-order valence-corrected chi connectivity index (χ2v) is 11.1. The van der Waals surface area contributed by atoms with Crippen LogP contribution >= 0.6 is 23.2 Å². The van der Waals surface area contributed by atoms with Gasteiger partial charge >= 0.3 is 0 Å². The number of aromatic nitrogens is 3. The largest absolute Gasteiger partial charge is 0.250 e. The van der Waals surface area contributed by atoms with Crippen LogP contribution in [0.4, 0.5) is 0 Å². The van der Waals surface area contributed by atoms with Gasteiger partial charge in [-0.25, -0.2) is 4.68 Å². The summed E-state index contributed by atoms with van der Waals surface area (Å²) in [4.78, 5) is 0. The molecule has 0 amide bonds. The highest BCUT2D eigenvalue weighted by molar-refractivity contribution is 6.32. The fourth-order valence-electron chi connectivity index (χ4n) is 7.63. The van der Waals surface area contributed by atoms with Gasteiger partial charge in [0.1, 0.15) is 0 Å². The summed E-state index contributed by atoms with van der Waals surface area (Å²) < 4.78 is 2.11. The fourth-order valence-corrected chi connectivity index (χ4v) is 8.17. The Kier molecular flexibility index (Phi) is 5.30. The number of hydrogen-bond acceptors (Lipinski definition) is 2. The van der Waals surface area contributed by atoms with Crippen molar-refractivity contribution in [2.75, 3.05) is 0 Å². The summed E-state index contributed by atoms with van der Waals surface area (Å²) in [5.41, 5.74) is 2.85. The Balaban J connectivity index is 1.32. The molecule has 0 spiro atoms. The molecule has 3 aliphatic rings. The molecule has 3 saturated carbocycles. The van der Waals surface area contributed by atoms with Crippen molar-refractivity contribution in [3.63, 3.8) is 0 Å². The molecule has 5 atom stereocenters.